The van der Waals surface area contributed by atoms with Crippen LogP contribution in [-0.4, -0.2) is 18.9 Å². The van der Waals surface area contributed by atoms with Crippen LogP contribution < -0.4 is 5.69 Å². The van der Waals surface area contributed by atoms with Gasteiger partial charge in [-0.3, -0.25) is 9.25 Å². The van der Waals surface area contributed by atoms with E-state index >= 15 is 0 Å². The molecule has 2 aromatic rings. The molecule has 96 valence electrons. The van der Waals surface area contributed by atoms with Crippen LogP contribution in [0.1, 0.15) is 37.4 Å². The Morgan fingerprint density at radius 1 is 1.28 bits per heavy atom. The lowest BCUT2D eigenvalue weighted by molar-refractivity contribution is 0.461. The second-order valence-electron chi connectivity index (χ2n) is 5.04. The van der Waals surface area contributed by atoms with E-state index in [2.05, 4.69) is 9.78 Å². The van der Waals surface area contributed by atoms with Gasteiger partial charge in [0.25, 0.3) is 0 Å². The van der Waals surface area contributed by atoms with E-state index in [1.54, 1.807) is 28.6 Å². The van der Waals surface area contributed by atoms with Gasteiger partial charge < -0.3 is 4.57 Å². The van der Waals surface area contributed by atoms with Crippen LogP contribution in [-0.2, 0) is 13.6 Å². The van der Waals surface area contributed by atoms with Crippen LogP contribution in [0.5, 0.6) is 0 Å². The fourth-order valence-electron chi connectivity index (χ4n) is 2.64. The Morgan fingerprint density at radius 2 is 2.06 bits per heavy atom. The zero-order valence-electron chi connectivity index (χ0n) is 10.6. The van der Waals surface area contributed by atoms with Crippen LogP contribution in [0.4, 0.5) is 0 Å². The summed E-state index contributed by atoms with van der Waals surface area (Å²) in [6, 6.07) is 2.57. The van der Waals surface area contributed by atoms with Crippen molar-refractivity contribution < 1.29 is 0 Å². The maximum atomic E-state index is 11.7. The van der Waals surface area contributed by atoms with E-state index in [9.17, 15) is 4.79 Å². The molecule has 0 radical (unpaired) electrons. The van der Waals surface area contributed by atoms with Gasteiger partial charge in [0.2, 0.25) is 0 Å². The molecule has 1 aliphatic rings. The van der Waals surface area contributed by atoms with E-state index in [1.165, 1.54) is 25.7 Å². The molecule has 3 rings (SSSR count). The number of hydrogen-bond acceptors (Lipinski definition) is 2. The van der Waals surface area contributed by atoms with Gasteiger partial charge in [-0.15, -0.1) is 0 Å². The summed E-state index contributed by atoms with van der Waals surface area (Å²) < 4.78 is 5.32. The highest BCUT2D eigenvalue weighted by atomic mass is 16.1. The summed E-state index contributed by atoms with van der Waals surface area (Å²) in [6.07, 6.45) is 10.7. The van der Waals surface area contributed by atoms with Crippen molar-refractivity contribution in [3.05, 3.63) is 40.8 Å². The monoisotopic (exact) mass is 246 g/mol. The summed E-state index contributed by atoms with van der Waals surface area (Å²) in [6.45, 7) is 0.555. The Kier molecular flexibility index (Phi) is 2.81. The van der Waals surface area contributed by atoms with Gasteiger partial charge in [-0.25, -0.2) is 4.79 Å². The molecule has 0 saturated heterocycles. The van der Waals surface area contributed by atoms with E-state index in [1.807, 2.05) is 12.3 Å². The minimum absolute atomic E-state index is 0.00502. The van der Waals surface area contributed by atoms with Crippen molar-refractivity contribution in [2.75, 3.05) is 0 Å². The molecule has 0 bridgehead atoms. The third-order valence-corrected chi connectivity index (χ3v) is 3.71. The summed E-state index contributed by atoms with van der Waals surface area (Å²) in [5.74, 6) is 0. The second-order valence-corrected chi connectivity index (χ2v) is 5.04. The maximum absolute atomic E-state index is 11.7. The smallest absolute Gasteiger partial charge is 0.302 e. The molecule has 5 heteroatoms. The molecule has 0 aromatic carbocycles. The predicted octanol–water partition coefficient (Wildman–Crippen LogP) is 1.55. The molecule has 0 atom stereocenters. The fraction of sp³-hybridized carbons (Fsp3) is 0.538. The average Bonchev–Trinajstić information content (AvgIpc) is 3.06. The summed E-state index contributed by atoms with van der Waals surface area (Å²) in [5.41, 5.74) is 0.959. The first kappa shape index (κ1) is 11.3. The van der Waals surface area contributed by atoms with Crippen LogP contribution in [0.15, 0.2) is 29.5 Å². The largest absolute Gasteiger partial charge is 0.328 e. The van der Waals surface area contributed by atoms with Gasteiger partial charge in [0.1, 0.15) is 0 Å². The quantitative estimate of drug-likeness (QED) is 0.824. The third kappa shape index (κ3) is 2.00. The van der Waals surface area contributed by atoms with Crippen molar-refractivity contribution in [2.45, 2.75) is 38.3 Å². The van der Waals surface area contributed by atoms with Crippen LogP contribution in [0, 0.1) is 0 Å². The lowest BCUT2D eigenvalue weighted by Gasteiger charge is -2.08. The van der Waals surface area contributed by atoms with E-state index < -0.39 is 0 Å². The van der Waals surface area contributed by atoms with E-state index in [4.69, 9.17) is 0 Å². The number of imidazole rings is 1. The molecule has 0 spiro atoms. The van der Waals surface area contributed by atoms with Gasteiger partial charge in [-0.05, 0) is 18.9 Å². The van der Waals surface area contributed by atoms with E-state index in [0.717, 1.165) is 5.69 Å². The zero-order valence-corrected chi connectivity index (χ0v) is 10.6. The predicted molar refractivity (Wildman–Crippen MR) is 68.5 cm³/mol. The molecule has 0 amide bonds. The summed E-state index contributed by atoms with van der Waals surface area (Å²) >= 11 is 0. The number of aryl methyl sites for hydroxylation is 1. The van der Waals surface area contributed by atoms with Gasteiger partial charge in [0.15, 0.2) is 0 Å². The van der Waals surface area contributed by atoms with Gasteiger partial charge in [0, 0.05) is 25.6 Å². The number of hydrogen-bond donors (Lipinski definition) is 0. The maximum Gasteiger partial charge on any atom is 0.328 e. The molecule has 2 aromatic heterocycles. The lowest BCUT2D eigenvalue weighted by atomic mass is 10.3. The van der Waals surface area contributed by atoms with Crippen LogP contribution >= 0.6 is 0 Å². The Bertz CT molecular complexity index is 586. The van der Waals surface area contributed by atoms with E-state index in [-0.39, 0.29) is 5.69 Å². The van der Waals surface area contributed by atoms with Gasteiger partial charge in [-0.1, -0.05) is 12.8 Å². The lowest BCUT2D eigenvalue weighted by Crippen LogP contribution is -2.22. The highest BCUT2D eigenvalue weighted by molar-refractivity contribution is 5.02. The second kappa shape index (κ2) is 4.48. The molecule has 18 heavy (non-hydrogen) atoms. The van der Waals surface area contributed by atoms with Crippen LogP contribution in [0.3, 0.4) is 0 Å². The van der Waals surface area contributed by atoms with Crippen molar-refractivity contribution in [3.8, 4) is 0 Å². The number of aromatic nitrogens is 4. The first-order valence-electron chi connectivity index (χ1n) is 6.50. The Labute approximate surface area is 106 Å². The molecule has 0 unspecified atom stereocenters. The minimum Gasteiger partial charge on any atom is -0.302 e. The summed E-state index contributed by atoms with van der Waals surface area (Å²) in [5, 5.41) is 4.59. The average molecular weight is 246 g/mol. The molecular weight excluding hydrogens is 228 g/mol. The first-order valence-corrected chi connectivity index (χ1v) is 6.50. The normalized spacial score (nSPS) is 16.5. The minimum atomic E-state index is 0.00502. The molecule has 5 nitrogen and oxygen atoms in total. The molecule has 0 N–H and O–H groups in total. The van der Waals surface area contributed by atoms with Crippen molar-refractivity contribution in [2.24, 2.45) is 7.05 Å². The summed E-state index contributed by atoms with van der Waals surface area (Å²) in [4.78, 5) is 11.7. The molecular formula is C13H18N4O. The Hall–Kier alpha value is -1.78. The van der Waals surface area contributed by atoms with Crippen molar-refractivity contribution in [3.63, 3.8) is 0 Å². The zero-order chi connectivity index (χ0) is 12.5. The SMILES string of the molecule is Cn1ccn(Cc2ccn(C3CCCC3)n2)c1=O. The summed E-state index contributed by atoms with van der Waals surface area (Å²) in [7, 11) is 1.76. The molecule has 1 fully saturated rings. The highest BCUT2D eigenvalue weighted by Gasteiger charge is 2.17. The highest BCUT2D eigenvalue weighted by Crippen LogP contribution is 2.28. The molecule has 2 heterocycles. The van der Waals surface area contributed by atoms with Crippen molar-refractivity contribution >= 4 is 0 Å². The Morgan fingerprint density at radius 3 is 2.72 bits per heavy atom. The Balaban J connectivity index is 1.77. The first-order chi connectivity index (χ1) is 8.74. The van der Waals surface area contributed by atoms with E-state index in [0.29, 0.717) is 12.6 Å². The van der Waals surface area contributed by atoms with Gasteiger partial charge in [-0.2, -0.15) is 5.10 Å². The van der Waals surface area contributed by atoms with Gasteiger partial charge >= 0.3 is 5.69 Å². The molecule has 1 saturated carbocycles. The van der Waals surface area contributed by atoms with Gasteiger partial charge in [0.05, 0.1) is 18.3 Å². The van der Waals surface area contributed by atoms with Crippen LogP contribution in [0.25, 0.3) is 0 Å². The number of nitrogens with zero attached hydrogens (tertiary/aromatic N) is 4. The standard InChI is InChI=1S/C13H18N4O/c1-15-8-9-16(13(15)18)10-11-6-7-17(14-11)12-4-2-3-5-12/h6-9,12H,2-5,10H2,1H3. The van der Waals surface area contributed by atoms with Crippen molar-refractivity contribution in [1.82, 2.24) is 18.9 Å². The fourth-order valence-corrected chi connectivity index (χ4v) is 2.64. The van der Waals surface area contributed by atoms with Crippen molar-refractivity contribution in [1.29, 1.82) is 0 Å². The molecule has 0 aliphatic heterocycles. The topological polar surface area (TPSA) is 44.8 Å². The third-order valence-electron chi connectivity index (χ3n) is 3.71. The van der Waals surface area contributed by atoms with Crippen LogP contribution in [0.2, 0.25) is 0 Å². The number of rotatable bonds is 3. The molecule has 1 aliphatic carbocycles.